The van der Waals surface area contributed by atoms with E-state index in [0.29, 0.717) is 0 Å². The summed E-state index contributed by atoms with van der Waals surface area (Å²) in [4.78, 5) is 12.2. The van der Waals surface area contributed by atoms with E-state index in [2.05, 4.69) is 69.4 Å². The molecule has 0 atom stereocenters. The van der Waals surface area contributed by atoms with Gasteiger partial charge >= 0.3 is 0 Å². The van der Waals surface area contributed by atoms with Gasteiger partial charge in [-0.05, 0) is 62.6 Å². The molecular weight excluding hydrogens is 382 g/mol. The van der Waals surface area contributed by atoms with E-state index >= 15 is 0 Å². The van der Waals surface area contributed by atoms with Gasteiger partial charge in [-0.15, -0.1) is 9.32 Å². The van der Waals surface area contributed by atoms with Gasteiger partial charge in [0.25, 0.3) is 0 Å². The number of aryl methyl sites for hydroxylation is 4. The fraction of sp³-hybridized carbons (Fsp3) is 0.174. The number of aromatic nitrogens is 2. The lowest BCUT2D eigenvalue weighted by molar-refractivity contribution is -0.195. The lowest BCUT2D eigenvalue weighted by Gasteiger charge is -2.00. The van der Waals surface area contributed by atoms with E-state index in [9.17, 15) is 0 Å². The third kappa shape index (κ3) is 7.71. The molecule has 0 amide bonds. The predicted octanol–water partition coefficient (Wildman–Crippen LogP) is 6.00. The summed E-state index contributed by atoms with van der Waals surface area (Å²) < 4.78 is 4.49. The molecule has 4 aromatic rings. The van der Waals surface area contributed by atoms with Crippen LogP contribution in [0.2, 0.25) is 0 Å². The standard InChI is InChI=1S/C8H8N2.C8H10.C7H9NO2S/c1-6-4-7-2-3-9-5-8(7)10-6;1-7-5-3-4-6-8(7)2;1-6-4-2-3-5-7(6)11-10-9-8/h2-5,10H,1H3;3-6H,1-2H3;2-5H,8H2,1H3. The Bertz CT molecular complexity index is 964. The number of nitrogens with zero attached hydrogens (tertiary/aromatic N) is 1. The van der Waals surface area contributed by atoms with Gasteiger partial charge in [-0.1, -0.05) is 42.5 Å². The molecule has 2 heterocycles. The molecule has 2 aromatic carbocycles. The highest BCUT2D eigenvalue weighted by Crippen LogP contribution is 2.21. The molecule has 0 saturated carbocycles. The summed E-state index contributed by atoms with van der Waals surface area (Å²) in [5, 5.41) is 1.23. The second-order valence-corrected chi connectivity index (χ2v) is 7.26. The van der Waals surface area contributed by atoms with Crippen LogP contribution in [-0.4, -0.2) is 9.97 Å². The summed E-state index contributed by atoms with van der Waals surface area (Å²) in [6, 6.07) is 20.3. The van der Waals surface area contributed by atoms with Crippen LogP contribution in [0, 0.1) is 27.7 Å². The first-order valence-electron chi connectivity index (χ1n) is 9.18. The number of hydrogen-bond donors (Lipinski definition) is 2. The van der Waals surface area contributed by atoms with Crippen LogP contribution < -0.4 is 5.90 Å². The van der Waals surface area contributed by atoms with Crippen LogP contribution >= 0.6 is 12.0 Å². The first-order valence-corrected chi connectivity index (χ1v) is 9.92. The minimum Gasteiger partial charge on any atom is -0.357 e. The van der Waals surface area contributed by atoms with Gasteiger partial charge in [0.15, 0.2) is 0 Å². The van der Waals surface area contributed by atoms with Crippen LogP contribution in [0.4, 0.5) is 0 Å². The normalized spacial score (nSPS) is 9.97. The Morgan fingerprint density at radius 2 is 1.48 bits per heavy atom. The molecule has 0 unspecified atom stereocenters. The molecule has 4 rings (SSSR count). The number of fused-ring (bicyclic) bond motifs is 1. The van der Waals surface area contributed by atoms with Crippen molar-refractivity contribution in [2.45, 2.75) is 32.6 Å². The predicted molar refractivity (Wildman–Crippen MR) is 120 cm³/mol. The molecule has 29 heavy (non-hydrogen) atoms. The highest BCUT2D eigenvalue weighted by molar-refractivity contribution is 7.94. The molecule has 0 aliphatic carbocycles. The van der Waals surface area contributed by atoms with Crippen LogP contribution in [0.3, 0.4) is 0 Å². The molecule has 152 valence electrons. The zero-order valence-electron chi connectivity index (χ0n) is 17.2. The fourth-order valence-electron chi connectivity index (χ4n) is 2.49. The lowest BCUT2D eigenvalue weighted by Crippen LogP contribution is -1.94. The highest BCUT2D eigenvalue weighted by Gasteiger charge is 1.97. The zero-order valence-corrected chi connectivity index (χ0v) is 18.0. The number of H-pyrrole nitrogens is 1. The van der Waals surface area contributed by atoms with Crippen molar-refractivity contribution in [2.24, 2.45) is 5.90 Å². The molecule has 0 bridgehead atoms. The number of nitrogens with two attached hydrogens (primary N) is 1. The van der Waals surface area contributed by atoms with Gasteiger partial charge in [0.05, 0.1) is 23.8 Å². The van der Waals surface area contributed by atoms with Crippen LogP contribution in [0.15, 0.2) is 78.0 Å². The van der Waals surface area contributed by atoms with Crippen LogP contribution in [0.5, 0.6) is 0 Å². The number of benzene rings is 2. The average molecular weight is 410 g/mol. The van der Waals surface area contributed by atoms with Crippen molar-refractivity contribution in [2.75, 3.05) is 0 Å². The SMILES string of the molecule is Cc1cc2ccncc2[nH]1.Cc1ccccc1C.Cc1ccccc1SOON. The Hall–Kier alpha value is -2.64. The topological polar surface area (TPSA) is 73.2 Å². The maximum Gasteiger partial charge on any atom is 0.0705 e. The largest absolute Gasteiger partial charge is 0.357 e. The zero-order chi connectivity index (χ0) is 21.1. The van der Waals surface area contributed by atoms with Gasteiger partial charge in [0, 0.05) is 22.2 Å². The Morgan fingerprint density at radius 1 is 0.862 bits per heavy atom. The molecule has 5 nitrogen and oxygen atoms in total. The fourth-order valence-corrected chi connectivity index (χ4v) is 2.93. The van der Waals surface area contributed by atoms with Crippen LogP contribution in [0.25, 0.3) is 10.9 Å². The van der Waals surface area contributed by atoms with Gasteiger partial charge in [-0.3, -0.25) is 4.98 Å². The van der Waals surface area contributed by atoms with E-state index in [0.717, 1.165) is 28.0 Å². The van der Waals surface area contributed by atoms with Gasteiger partial charge in [0.2, 0.25) is 0 Å². The minimum atomic E-state index is 0.998. The number of nitrogens with one attached hydrogen (secondary N) is 1. The molecule has 6 heteroatoms. The van der Waals surface area contributed by atoms with Crippen molar-refractivity contribution < 1.29 is 9.32 Å². The first-order chi connectivity index (χ1) is 14.0. The van der Waals surface area contributed by atoms with E-state index in [1.807, 2.05) is 50.4 Å². The van der Waals surface area contributed by atoms with Crippen molar-refractivity contribution >= 4 is 22.9 Å². The number of rotatable bonds is 3. The molecule has 0 aliphatic heterocycles. The lowest BCUT2D eigenvalue weighted by atomic mass is 10.1. The molecule has 0 radical (unpaired) electrons. The van der Waals surface area contributed by atoms with Gasteiger partial charge < -0.3 is 4.98 Å². The van der Waals surface area contributed by atoms with E-state index in [1.165, 1.54) is 22.2 Å². The second-order valence-electron chi connectivity index (χ2n) is 6.51. The Kier molecular flexibility index (Phi) is 9.40. The number of aromatic amines is 1. The first kappa shape index (κ1) is 22.6. The van der Waals surface area contributed by atoms with Crippen LogP contribution in [-0.2, 0) is 9.32 Å². The second kappa shape index (κ2) is 12.0. The van der Waals surface area contributed by atoms with E-state index in [-0.39, 0.29) is 0 Å². The molecule has 0 aliphatic rings. The molecule has 0 saturated heterocycles. The molecule has 3 N–H and O–H groups in total. The summed E-state index contributed by atoms with van der Waals surface area (Å²) >= 11 is 1.10. The summed E-state index contributed by atoms with van der Waals surface area (Å²) in [5.74, 6) is 4.68. The molecule has 0 spiro atoms. The highest BCUT2D eigenvalue weighted by atomic mass is 32.2. The molecular formula is C23H27N3O2S. The molecule has 0 fully saturated rings. The van der Waals surface area contributed by atoms with Gasteiger partial charge in [-0.25, -0.2) is 0 Å². The maximum atomic E-state index is 4.68. The summed E-state index contributed by atoms with van der Waals surface area (Å²) in [5.41, 5.74) is 6.16. The third-order valence-corrected chi connectivity index (χ3v) is 5.03. The Balaban J connectivity index is 0.000000157. The Morgan fingerprint density at radius 3 is 2.03 bits per heavy atom. The van der Waals surface area contributed by atoms with E-state index in [1.54, 1.807) is 6.20 Å². The monoisotopic (exact) mass is 409 g/mol. The van der Waals surface area contributed by atoms with Crippen LogP contribution in [0.1, 0.15) is 22.4 Å². The molecule has 2 aromatic heterocycles. The van der Waals surface area contributed by atoms with Gasteiger partial charge in [-0.2, -0.15) is 5.90 Å². The van der Waals surface area contributed by atoms with Crippen molar-refractivity contribution in [3.05, 3.63) is 95.4 Å². The Labute approximate surface area is 176 Å². The third-order valence-electron chi connectivity index (χ3n) is 4.24. The number of pyridine rings is 1. The number of hydrogen-bond acceptors (Lipinski definition) is 5. The van der Waals surface area contributed by atoms with Crippen molar-refractivity contribution in [1.82, 2.24) is 9.97 Å². The summed E-state index contributed by atoms with van der Waals surface area (Å²) in [7, 11) is 0. The van der Waals surface area contributed by atoms with E-state index < -0.39 is 0 Å². The average Bonchev–Trinajstić information content (AvgIpc) is 3.11. The van der Waals surface area contributed by atoms with Gasteiger partial charge in [0.1, 0.15) is 0 Å². The quantitative estimate of drug-likeness (QED) is 0.247. The summed E-state index contributed by atoms with van der Waals surface area (Å²) in [6.45, 7) is 8.27. The van der Waals surface area contributed by atoms with E-state index in [4.69, 9.17) is 0 Å². The maximum absolute atomic E-state index is 4.68. The van der Waals surface area contributed by atoms with Crippen molar-refractivity contribution in [3.8, 4) is 0 Å². The minimum absolute atomic E-state index is 0.998. The van der Waals surface area contributed by atoms with Crippen molar-refractivity contribution in [1.29, 1.82) is 0 Å². The van der Waals surface area contributed by atoms with Crippen molar-refractivity contribution in [3.63, 3.8) is 0 Å². The smallest absolute Gasteiger partial charge is 0.0705 e. The summed E-state index contributed by atoms with van der Waals surface area (Å²) in [6.07, 6.45) is 3.64.